The number of halogens is 1. The summed E-state index contributed by atoms with van der Waals surface area (Å²) in [6.45, 7) is 0.277. The van der Waals surface area contributed by atoms with Gasteiger partial charge in [0, 0.05) is 0 Å². The first-order chi connectivity index (χ1) is 9.19. The number of carbonyl (C=O) groups is 1. The molecule has 0 saturated heterocycles. The van der Waals surface area contributed by atoms with E-state index in [1.807, 2.05) is 0 Å². The van der Waals surface area contributed by atoms with Crippen LogP contribution in [0, 0.1) is 17.7 Å². The van der Waals surface area contributed by atoms with Crippen LogP contribution in [0.5, 0.6) is 0 Å². The number of hydrogen-bond acceptors (Lipinski definition) is 4. The SMILES string of the molecule is NCC#Cc1ccc(C(=O)Nc2ccc(F)cn2)s1. The van der Waals surface area contributed by atoms with Gasteiger partial charge in [-0.2, -0.15) is 0 Å². The highest BCUT2D eigenvalue weighted by molar-refractivity contribution is 7.14. The van der Waals surface area contributed by atoms with Crippen molar-refractivity contribution in [2.45, 2.75) is 0 Å². The second-order valence-corrected chi connectivity index (χ2v) is 4.57. The first-order valence-corrected chi connectivity index (χ1v) is 6.22. The molecule has 0 bridgehead atoms. The van der Waals surface area contributed by atoms with Crippen molar-refractivity contribution < 1.29 is 9.18 Å². The fraction of sp³-hybridized carbons (Fsp3) is 0.0769. The lowest BCUT2D eigenvalue weighted by Crippen LogP contribution is -2.11. The van der Waals surface area contributed by atoms with Crippen molar-refractivity contribution in [1.29, 1.82) is 0 Å². The molecule has 0 saturated carbocycles. The Balaban J connectivity index is 2.07. The maximum absolute atomic E-state index is 12.7. The molecule has 4 nitrogen and oxygen atoms in total. The molecule has 2 aromatic rings. The quantitative estimate of drug-likeness (QED) is 0.822. The molecule has 0 aliphatic carbocycles. The van der Waals surface area contributed by atoms with Crippen molar-refractivity contribution in [1.82, 2.24) is 4.98 Å². The molecule has 0 radical (unpaired) electrons. The molecule has 0 aromatic carbocycles. The normalized spacial score (nSPS) is 9.58. The average Bonchev–Trinajstić information content (AvgIpc) is 2.88. The molecule has 0 aliphatic rings. The monoisotopic (exact) mass is 275 g/mol. The molecule has 0 aliphatic heterocycles. The Morgan fingerprint density at radius 3 is 2.95 bits per heavy atom. The van der Waals surface area contributed by atoms with E-state index in [2.05, 4.69) is 22.1 Å². The Labute approximate surface area is 113 Å². The van der Waals surface area contributed by atoms with E-state index in [0.717, 1.165) is 11.1 Å². The number of thiophene rings is 1. The van der Waals surface area contributed by atoms with Gasteiger partial charge < -0.3 is 11.1 Å². The van der Waals surface area contributed by atoms with Crippen LogP contribution in [0.15, 0.2) is 30.5 Å². The number of nitrogens with one attached hydrogen (secondary N) is 1. The van der Waals surface area contributed by atoms with E-state index >= 15 is 0 Å². The lowest BCUT2D eigenvalue weighted by atomic mass is 10.4. The highest BCUT2D eigenvalue weighted by Gasteiger charge is 2.09. The van der Waals surface area contributed by atoms with Crippen LogP contribution < -0.4 is 11.1 Å². The highest BCUT2D eigenvalue weighted by atomic mass is 32.1. The molecule has 0 unspecified atom stereocenters. The Bertz CT molecular complexity index is 640. The van der Waals surface area contributed by atoms with Crippen LogP contribution in [0.3, 0.4) is 0 Å². The lowest BCUT2D eigenvalue weighted by molar-refractivity contribution is 0.103. The van der Waals surface area contributed by atoms with Gasteiger partial charge in [-0.1, -0.05) is 11.8 Å². The predicted molar refractivity (Wildman–Crippen MR) is 72.4 cm³/mol. The molecule has 0 fully saturated rings. The Hall–Kier alpha value is -2.23. The van der Waals surface area contributed by atoms with Crippen molar-refractivity contribution in [3.8, 4) is 11.8 Å². The Kier molecular flexibility index (Phi) is 4.23. The number of nitrogens with two attached hydrogens (primary N) is 1. The summed E-state index contributed by atoms with van der Waals surface area (Å²) in [5, 5.41) is 2.58. The smallest absolute Gasteiger partial charge is 0.266 e. The fourth-order valence-corrected chi connectivity index (χ4v) is 2.07. The van der Waals surface area contributed by atoms with Gasteiger partial charge in [0.25, 0.3) is 5.91 Å². The number of aromatic nitrogens is 1. The van der Waals surface area contributed by atoms with Gasteiger partial charge in [0.15, 0.2) is 0 Å². The number of amides is 1. The van der Waals surface area contributed by atoms with Crippen molar-refractivity contribution in [2.75, 3.05) is 11.9 Å². The molecule has 0 spiro atoms. The molecule has 6 heteroatoms. The van der Waals surface area contributed by atoms with Crippen LogP contribution in [0.1, 0.15) is 14.5 Å². The van der Waals surface area contributed by atoms with Crippen LogP contribution in [-0.4, -0.2) is 17.4 Å². The molecule has 96 valence electrons. The van der Waals surface area contributed by atoms with Crippen LogP contribution in [-0.2, 0) is 0 Å². The van der Waals surface area contributed by atoms with Crippen LogP contribution in [0.25, 0.3) is 0 Å². The van der Waals surface area contributed by atoms with Gasteiger partial charge in [0.05, 0.1) is 22.5 Å². The number of carbonyl (C=O) groups excluding carboxylic acids is 1. The van der Waals surface area contributed by atoms with Crippen LogP contribution >= 0.6 is 11.3 Å². The van der Waals surface area contributed by atoms with Gasteiger partial charge in [0.1, 0.15) is 11.6 Å². The molecular weight excluding hydrogens is 265 g/mol. The molecule has 0 atom stereocenters. The number of rotatable bonds is 2. The lowest BCUT2D eigenvalue weighted by Gasteiger charge is -2.01. The van der Waals surface area contributed by atoms with Crippen molar-refractivity contribution in [3.05, 3.63) is 46.0 Å². The molecule has 19 heavy (non-hydrogen) atoms. The van der Waals surface area contributed by atoms with Crippen molar-refractivity contribution in [3.63, 3.8) is 0 Å². The van der Waals surface area contributed by atoms with E-state index in [1.54, 1.807) is 12.1 Å². The topological polar surface area (TPSA) is 68.0 Å². The molecule has 2 aromatic heterocycles. The second kappa shape index (κ2) is 6.09. The van der Waals surface area contributed by atoms with Gasteiger partial charge in [-0.15, -0.1) is 11.3 Å². The summed E-state index contributed by atoms with van der Waals surface area (Å²) in [7, 11) is 0. The zero-order chi connectivity index (χ0) is 13.7. The Morgan fingerprint density at radius 2 is 2.26 bits per heavy atom. The van der Waals surface area contributed by atoms with E-state index in [0.29, 0.717) is 10.7 Å². The summed E-state index contributed by atoms with van der Waals surface area (Å²) in [6.07, 6.45) is 1.04. The van der Waals surface area contributed by atoms with E-state index in [-0.39, 0.29) is 12.5 Å². The minimum absolute atomic E-state index is 0.277. The summed E-state index contributed by atoms with van der Waals surface area (Å²) in [5.74, 6) is 5.11. The standard InChI is InChI=1S/C13H10FN3OS/c14-9-3-6-12(16-8-9)17-13(18)11-5-4-10(19-11)2-1-7-15/h3-6,8H,7,15H2,(H,16,17,18). The molecular formula is C13H10FN3OS. The van der Waals surface area contributed by atoms with E-state index < -0.39 is 5.82 Å². The minimum atomic E-state index is -0.450. The Morgan fingerprint density at radius 1 is 1.42 bits per heavy atom. The molecule has 2 rings (SSSR count). The first-order valence-electron chi connectivity index (χ1n) is 5.41. The predicted octanol–water partition coefficient (Wildman–Crippen LogP) is 1.84. The summed E-state index contributed by atoms with van der Waals surface area (Å²) in [5.41, 5.74) is 5.27. The second-order valence-electron chi connectivity index (χ2n) is 3.49. The third-order valence-corrected chi connectivity index (χ3v) is 3.11. The zero-order valence-corrected chi connectivity index (χ0v) is 10.6. The minimum Gasteiger partial charge on any atom is -0.320 e. The summed E-state index contributed by atoms with van der Waals surface area (Å²) in [6, 6.07) is 6.05. The van der Waals surface area contributed by atoms with Crippen molar-refractivity contribution in [2.24, 2.45) is 5.73 Å². The van der Waals surface area contributed by atoms with Crippen LogP contribution in [0.2, 0.25) is 0 Å². The summed E-state index contributed by atoms with van der Waals surface area (Å²) >= 11 is 1.26. The highest BCUT2D eigenvalue weighted by Crippen LogP contribution is 2.16. The van der Waals surface area contributed by atoms with E-state index in [1.165, 1.54) is 23.5 Å². The third kappa shape index (κ3) is 3.61. The largest absolute Gasteiger partial charge is 0.320 e. The maximum Gasteiger partial charge on any atom is 0.266 e. The molecule has 2 heterocycles. The molecule has 1 amide bonds. The van der Waals surface area contributed by atoms with Crippen LogP contribution in [0.4, 0.5) is 10.2 Å². The maximum atomic E-state index is 12.7. The third-order valence-electron chi connectivity index (χ3n) is 2.11. The van der Waals surface area contributed by atoms with E-state index in [9.17, 15) is 9.18 Å². The molecule has 3 N–H and O–H groups in total. The first kappa shape index (κ1) is 13.2. The average molecular weight is 275 g/mol. The number of anilines is 1. The number of hydrogen-bond donors (Lipinski definition) is 2. The van der Waals surface area contributed by atoms with Gasteiger partial charge in [-0.25, -0.2) is 9.37 Å². The number of nitrogens with zero attached hydrogens (tertiary/aromatic N) is 1. The number of pyridine rings is 1. The fourth-order valence-electron chi connectivity index (χ4n) is 1.29. The summed E-state index contributed by atoms with van der Waals surface area (Å²) < 4.78 is 12.7. The summed E-state index contributed by atoms with van der Waals surface area (Å²) in [4.78, 5) is 16.9. The van der Waals surface area contributed by atoms with Gasteiger partial charge in [-0.05, 0) is 24.3 Å². The van der Waals surface area contributed by atoms with Gasteiger partial charge in [-0.3, -0.25) is 4.79 Å². The van der Waals surface area contributed by atoms with Gasteiger partial charge in [0.2, 0.25) is 0 Å². The van der Waals surface area contributed by atoms with Crippen molar-refractivity contribution >= 4 is 23.1 Å². The van der Waals surface area contributed by atoms with E-state index in [4.69, 9.17) is 5.73 Å². The van der Waals surface area contributed by atoms with Gasteiger partial charge >= 0.3 is 0 Å². The zero-order valence-electron chi connectivity index (χ0n) is 9.81.